The summed E-state index contributed by atoms with van der Waals surface area (Å²) in [5.74, 6) is 1.05. The second-order valence-corrected chi connectivity index (χ2v) is 9.69. The normalized spacial score (nSPS) is 20.6. The predicted octanol–water partition coefficient (Wildman–Crippen LogP) is 2.18. The molecule has 0 spiro atoms. The molecule has 1 aromatic heterocycles. The van der Waals surface area contributed by atoms with Gasteiger partial charge in [0.1, 0.15) is 0 Å². The van der Waals surface area contributed by atoms with E-state index in [1.54, 1.807) is 28.9 Å². The maximum absolute atomic E-state index is 12.8. The van der Waals surface area contributed by atoms with Crippen LogP contribution in [0, 0.1) is 10.8 Å². The van der Waals surface area contributed by atoms with Crippen LogP contribution in [0.25, 0.3) is 11.5 Å². The fraction of sp³-hybridized carbons (Fsp3) is 0.579. The number of hydrogen-bond acceptors (Lipinski definition) is 5. The molecule has 0 saturated carbocycles. The van der Waals surface area contributed by atoms with Crippen LogP contribution in [-0.4, -0.2) is 48.7 Å². The zero-order valence-electron chi connectivity index (χ0n) is 16.7. The van der Waals surface area contributed by atoms with Gasteiger partial charge in [-0.25, -0.2) is 8.42 Å². The van der Waals surface area contributed by atoms with E-state index in [0.717, 1.165) is 13.1 Å². The summed E-state index contributed by atoms with van der Waals surface area (Å²) in [7, 11) is -3.54. The molecule has 28 heavy (non-hydrogen) atoms. The quantitative estimate of drug-likeness (QED) is 0.689. The van der Waals surface area contributed by atoms with Gasteiger partial charge in [-0.15, -0.1) is 5.10 Å². The summed E-state index contributed by atoms with van der Waals surface area (Å²) in [6.45, 7) is 9.65. The molecule has 1 aromatic carbocycles. The van der Waals surface area contributed by atoms with Gasteiger partial charge in [0.25, 0.3) is 4.84 Å². The molecule has 2 atom stereocenters. The van der Waals surface area contributed by atoms with E-state index < -0.39 is 10.0 Å². The van der Waals surface area contributed by atoms with Crippen LogP contribution in [0.15, 0.2) is 33.6 Å². The molecule has 1 saturated heterocycles. The van der Waals surface area contributed by atoms with Crippen molar-refractivity contribution in [1.29, 1.82) is 0 Å². The van der Waals surface area contributed by atoms with Gasteiger partial charge in [0, 0.05) is 24.6 Å². The standard InChI is InChI=1S/C19H28N4O3S2/c1-4-22(5-2)28(24,25)17-10-6-9-16(12-17)18-20-23(19(27)26-18)14-21-11-7-8-15(3)13-21/h6,9-10,12,15H,4-5,7-8,11,13-14H2,1-3H3/p+1/t15-/m1/s1. The first-order valence-corrected chi connectivity index (χ1v) is 11.7. The van der Waals surface area contributed by atoms with Gasteiger partial charge in [0.2, 0.25) is 15.9 Å². The molecule has 9 heteroatoms. The summed E-state index contributed by atoms with van der Waals surface area (Å²) >= 11 is 5.35. The predicted molar refractivity (Wildman–Crippen MR) is 110 cm³/mol. The number of rotatable bonds is 7. The van der Waals surface area contributed by atoms with Crippen LogP contribution < -0.4 is 4.90 Å². The Hall–Kier alpha value is -1.55. The number of piperidine rings is 1. The zero-order valence-corrected chi connectivity index (χ0v) is 18.4. The van der Waals surface area contributed by atoms with E-state index in [0.29, 0.717) is 42.0 Å². The topological polar surface area (TPSA) is 72.8 Å². The highest BCUT2D eigenvalue weighted by molar-refractivity contribution is 7.89. The SMILES string of the molecule is CCN(CC)S(=O)(=O)c1cccc(-c2nn(C[NH+]3CCC[C@@H](C)C3)c(=S)o2)c1. The maximum atomic E-state index is 12.8. The van der Waals surface area contributed by atoms with Gasteiger partial charge in [-0.3, -0.25) is 0 Å². The highest BCUT2D eigenvalue weighted by atomic mass is 32.2. The molecule has 7 nitrogen and oxygen atoms in total. The third-order valence-electron chi connectivity index (χ3n) is 5.27. The van der Waals surface area contributed by atoms with Gasteiger partial charge in [-0.05, 0) is 43.3 Å². The Morgan fingerprint density at radius 1 is 1.36 bits per heavy atom. The zero-order chi connectivity index (χ0) is 20.3. The molecule has 0 bridgehead atoms. The van der Waals surface area contributed by atoms with Crippen LogP contribution in [0.5, 0.6) is 0 Å². The van der Waals surface area contributed by atoms with E-state index in [9.17, 15) is 8.42 Å². The largest absolute Gasteiger partial charge is 0.409 e. The molecule has 154 valence electrons. The molecule has 1 aliphatic rings. The lowest BCUT2D eigenvalue weighted by molar-refractivity contribution is -0.931. The van der Waals surface area contributed by atoms with Crippen LogP contribution in [0.4, 0.5) is 0 Å². The average Bonchev–Trinajstić information content (AvgIpc) is 3.03. The summed E-state index contributed by atoms with van der Waals surface area (Å²) in [5.41, 5.74) is 0.611. The van der Waals surface area contributed by atoms with Crippen LogP contribution in [0.2, 0.25) is 0 Å². The molecule has 2 heterocycles. The van der Waals surface area contributed by atoms with Gasteiger partial charge in [-0.1, -0.05) is 26.8 Å². The minimum absolute atomic E-state index is 0.236. The second kappa shape index (κ2) is 8.86. The van der Waals surface area contributed by atoms with E-state index in [-0.39, 0.29) is 4.90 Å². The van der Waals surface area contributed by atoms with Crippen molar-refractivity contribution in [2.75, 3.05) is 26.2 Å². The smallest absolute Gasteiger partial charge is 0.292 e. The number of quaternary nitrogens is 1. The van der Waals surface area contributed by atoms with Crippen LogP contribution >= 0.6 is 12.2 Å². The van der Waals surface area contributed by atoms with Gasteiger partial charge in [-0.2, -0.15) is 8.99 Å². The Kier molecular flexibility index (Phi) is 6.69. The van der Waals surface area contributed by atoms with Crippen LogP contribution in [0.3, 0.4) is 0 Å². The molecule has 0 radical (unpaired) electrons. The third kappa shape index (κ3) is 4.53. The Bertz CT molecular complexity index is 964. The van der Waals surface area contributed by atoms with Crippen molar-refractivity contribution in [1.82, 2.24) is 14.1 Å². The number of benzene rings is 1. The average molecular weight is 426 g/mol. The van der Waals surface area contributed by atoms with Crippen molar-refractivity contribution in [2.45, 2.75) is 45.2 Å². The van der Waals surface area contributed by atoms with Gasteiger partial charge in [0.15, 0.2) is 6.67 Å². The molecule has 3 rings (SSSR count). The van der Waals surface area contributed by atoms with Gasteiger partial charge < -0.3 is 9.32 Å². The van der Waals surface area contributed by atoms with E-state index in [1.165, 1.54) is 22.0 Å². The number of hydrogen-bond donors (Lipinski definition) is 1. The number of aromatic nitrogens is 2. The monoisotopic (exact) mass is 425 g/mol. The third-order valence-corrected chi connectivity index (χ3v) is 7.61. The van der Waals surface area contributed by atoms with Crippen molar-refractivity contribution in [2.24, 2.45) is 5.92 Å². The lowest BCUT2D eigenvalue weighted by atomic mass is 10.0. The fourth-order valence-corrected chi connectivity index (χ4v) is 5.47. The van der Waals surface area contributed by atoms with Crippen molar-refractivity contribution >= 4 is 22.2 Å². The second-order valence-electron chi connectivity index (χ2n) is 7.40. The van der Waals surface area contributed by atoms with Crippen LogP contribution in [0.1, 0.15) is 33.6 Å². The lowest BCUT2D eigenvalue weighted by Gasteiger charge is -2.27. The van der Waals surface area contributed by atoms with Crippen molar-refractivity contribution in [3.63, 3.8) is 0 Å². The molecule has 1 N–H and O–H groups in total. The fourth-order valence-electron chi connectivity index (χ4n) is 3.78. The summed E-state index contributed by atoms with van der Waals surface area (Å²) in [6.07, 6.45) is 2.48. The maximum Gasteiger partial charge on any atom is 0.292 e. The van der Waals surface area contributed by atoms with E-state index in [2.05, 4.69) is 12.0 Å². The number of nitrogens with one attached hydrogen (secondary N) is 1. The molecule has 1 aliphatic heterocycles. The minimum Gasteiger partial charge on any atom is -0.409 e. The number of sulfonamides is 1. The Morgan fingerprint density at radius 3 is 2.79 bits per heavy atom. The van der Waals surface area contributed by atoms with E-state index >= 15 is 0 Å². The molecular weight excluding hydrogens is 396 g/mol. The van der Waals surface area contributed by atoms with Gasteiger partial charge >= 0.3 is 0 Å². The lowest BCUT2D eigenvalue weighted by Crippen LogP contribution is -3.12. The molecular formula is C19H29N4O3S2+. The first kappa shape index (κ1) is 21.2. The highest BCUT2D eigenvalue weighted by Gasteiger charge is 2.24. The summed E-state index contributed by atoms with van der Waals surface area (Å²) in [5, 5.41) is 4.52. The molecule has 1 fully saturated rings. The summed E-state index contributed by atoms with van der Waals surface area (Å²) < 4.78 is 34.4. The first-order chi connectivity index (χ1) is 13.3. The van der Waals surface area contributed by atoms with Crippen LogP contribution in [-0.2, 0) is 16.7 Å². The Balaban J connectivity index is 1.86. The van der Waals surface area contributed by atoms with Crippen molar-refractivity contribution < 1.29 is 17.7 Å². The summed E-state index contributed by atoms with van der Waals surface area (Å²) in [4.78, 5) is 1.99. The molecule has 2 aromatic rings. The summed E-state index contributed by atoms with van der Waals surface area (Å²) in [6, 6.07) is 6.71. The van der Waals surface area contributed by atoms with Gasteiger partial charge in [0.05, 0.1) is 18.0 Å². The minimum atomic E-state index is -3.54. The highest BCUT2D eigenvalue weighted by Crippen LogP contribution is 2.23. The van der Waals surface area contributed by atoms with E-state index in [1.807, 2.05) is 13.8 Å². The Morgan fingerprint density at radius 2 is 2.11 bits per heavy atom. The number of nitrogens with zero attached hydrogens (tertiary/aromatic N) is 3. The number of likely N-dealkylation sites (tertiary alicyclic amines) is 1. The molecule has 1 unspecified atom stereocenters. The van der Waals surface area contributed by atoms with E-state index in [4.69, 9.17) is 16.6 Å². The van der Waals surface area contributed by atoms with Crippen molar-refractivity contribution in [3.8, 4) is 11.5 Å². The molecule has 0 aliphatic carbocycles. The first-order valence-electron chi connectivity index (χ1n) is 9.87. The Labute approximate surface area is 172 Å². The molecule has 0 amide bonds. The van der Waals surface area contributed by atoms with Crippen molar-refractivity contribution in [3.05, 3.63) is 29.1 Å².